The number of ether oxygens (including phenoxy) is 2. The average molecular weight is 483 g/mol. The van der Waals surface area contributed by atoms with Crippen molar-refractivity contribution in [3.63, 3.8) is 0 Å². The highest BCUT2D eigenvalue weighted by Gasteiger charge is 2.36. The van der Waals surface area contributed by atoms with Gasteiger partial charge in [0, 0.05) is 5.69 Å². The Labute approximate surface area is 202 Å². The molecule has 2 aromatic rings. The van der Waals surface area contributed by atoms with Gasteiger partial charge in [0.2, 0.25) is 0 Å². The normalized spacial score (nSPS) is 15.4. The number of hydrogen-bond donors (Lipinski definition) is 1. The number of aryl methyl sites for hydroxylation is 1. The van der Waals surface area contributed by atoms with E-state index in [4.69, 9.17) is 9.47 Å². The number of carbonyl (C=O) groups excluding carboxylic acids is 4. The molecular weight excluding hydrogens is 456 g/mol. The van der Waals surface area contributed by atoms with E-state index in [9.17, 15) is 19.2 Å². The first-order chi connectivity index (χ1) is 16.3. The van der Waals surface area contributed by atoms with Crippen LogP contribution in [0.4, 0.5) is 10.5 Å². The summed E-state index contributed by atoms with van der Waals surface area (Å²) in [7, 11) is 0. The van der Waals surface area contributed by atoms with Gasteiger partial charge in [0.25, 0.3) is 17.1 Å². The van der Waals surface area contributed by atoms with Gasteiger partial charge in [-0.3, -0.25) is 24.1 Å². The highest BCUT2D eigenvalue weighted by Crippen LogP contribution is 2.32. The van der Waals surface area contributed by atoms with Gasteiger partial charge in [0.05, 0.1) is 11.0 Å². The highest BCUT2D eigenvalue weighted by molar-refractivity contribution is 8.18. The van der Waals surface area contributed by atoms with Gasteiger partial charge in [-0.2, -0.15) is 0 Å². The lowest BCUT2D eigenvalue weighted by Crippen LogP contribution is -2.35. The van der Waals surface area contributed by atoms with Gasteiger partial charge in [0.15, 0.2) is 6.61 Å². The van der Waals surface area contributed by atoms with Crippen molar-refractivity contribution in [1.29, 1.82) is 0 Å². The molecule has 1 aliphatic heterocycles. The molecule has 178 valence electrons. The quantitative estimate of drug-likeness (QED) is 0.418. The summed E-state index contributed by atoms with van der Waals surface area (Å²) >= 11 is 0.770. The van der Waals surface area contributed by atoms with E-state index in [2.05, 4.69) is 5.32 Å². The Morgan fingerprint density at radius 2 is 1.82 bits per heavy atom. The second-order valence-electron chi connectivity index (χ2n) is 7.70. The number of para-hydroxylation sites is 1. The number of rotatable bonds is 9. The zero-order valence-electron chi connectivity index (χ0n) is 19.2. The number of hydrogen-bond acceptors (Lipinski definition) is 7. The highest BCUT2D eigenvalue weighted by atomic mass is 32.2. The predicted octanol–water partition coefficient (Wildman–Crippen LogP) is 4.39. The first kappa shape index (κ1) is 25.0. The SMILES string of the molecule is CC[C@@H](C)OC(=O)CN1C(=O)S/C(=C\c2ccc(OCC(=O)Nc3ccccc3C)cc2)C1=O. The Morgan fingerprint density at radius 3 is 2.50 bits per heavy atom. The molecule has 1 saturated heterocycles. The number of benzene rings is 2. The van der Waals surface area contributed by atoms with Crippen LogP contribution in [-0.2, 0) is 19.1 Å². The van der Waals surface area contributed by atoms with Crippen LogP contribution in [0, 0.1) is 6.92 Å². The number of carbonyl (C=O) groups is 4. The van der Waals surface area contributed by atoms with E-state index in [-0.39, 0.29) is 23.5 Å². The van der Waals surface area contributed by atoms with Crippen LogP contribution in [0.1, 0.15) is 31.4 Å². The summed E-state index contributed by atoms with van der Waals surface area (Å²) in [6.45, 7) is 4.96. The van der Waals surface area contributed by atoms with Gasteiger partial charge in [-0.1, -0.05) is 37.3 Å². The molecule has 0 unspecified atom stereocenters. The Hall–Kier alpha value is -3.59. The van der Waals surface area contributed by atoms with E-state index in [0.29, 0.717) is 17.7 Å². The molecule has 0 bridgehead atoms. The van der Waals surface area contributed by atoms with Crippen LogP contribution in [-0.4, -0.2) is 47.2 Å². The molecule has 0 aromatic heterocycles. The van der Waals surface area contributed by atoms with Crippen molar-refractivity contribution >= 4 is 46.5 Å². The summed E-state index contributed by atoms with van der Waals surface area (Å²) in [5, 5.41) is 2.28. The van der Waals surface area contributed by atoms with Gasteiger partial charge >= 0.3 is 5.97 Å². The fraction of sp³-hybridized carbons (Fsp3) is 0.280. The minimum Gasteiger partial charge on any atom is -0.484 e. The Bertz CT molecular complexity index is 1110. The van der Waals surface area contributed by atoms with Crippen LogP contribution in [0.25, 0.3) is 6.08 Å². The van der Waals surface area contributed by atoms with Crippen molar-refractivity contribution in [3.8, 4) is 5.75 Å². The maximum absolute atomic E-state index is 12.6. The summed E-state index contributed by atoms with van der Waals surface area (Å²) in [5.41, 5.74) is 2.36. The minimum absolute atomic E-state index is 0.153. The van der Waals surface area contributed by atoms with Crippen LogP contribution < -0.4 is 10.1 Å². The summed E-state index contributed by atoms with van der Waals surface area (Å²) in [6, 6.07) is 14.2. The molecule has 34 heavy (non-hydrogen) atoms. The van der Waals surface area contributed by atoms with Crippen LogP contribution in [0.5, 0.6) is 5.75 Å². The molecule has 1 atom stereocenters. The van der Waals surface area contributed by atoms with E-state index < -0.39 is 23.7 Å². The third-order valence-corrected chi connectivity index (χ3v) is 5.94. The largest absolute Gasteiger partial charge is 0.484 e. The van der Waals surface area contributed by atoms with Crippen molar-refractivity contribution in [2.75, 3.05) is 18.5 Å². The molecule has 1 heterocycles. The van der Waals surface area contributed by atoms with Crippen LogP contribution in [0.2, 0.25) is 0 Å². The monoisotopic (exact) mass is 482 g/mol. The summed E-state index contributed by atoms with van der Waals surface area (Å²) < 4.78 is 10.7. The van der Waals surface area contributed by atoms with Crippen molar-refractivity contribution in [2.24, 2.45) is 0 Å². The van der Waals surface area contributed by atoms with Gasteiger partial charge in [-0.15, -0.1) is 0 Å². The van der Waals surface area contributed by atoms with E-state index in [1.807, 2.05) is 38.1 Å². The smallest absolute Gasteiger partial charge is 0.326 e. The lowest BCUT2D eigenvalue weighted by Gasteiger charge is -2.14. The number of nitrogens with zero attached hydrogens (tertiary/aromatic N) is 1. The molecular formula is C25H26N2O6S. The predicted molar refractivity (Wildman–Crippen MR) is 130 cm³/mol. The van der Waals surface area contributed by atoms with Gasteiger partial charge in [-0.25, -0.2) is 0 Å². The molecule has 9 heteroatoms. The Morgan fingerprint density at radius 1 is 1.12 bits per heavy atom. The van der Waals surface area contributed by atoms with Crippen LogP contribution >= 0.6 is 11.8 Å². The molecule has 8 nitrogen and oxygen atoms in total. The van der Waals surface area contributed by atoms with Gasteiger partial charge < -0.3 is 14.8 Å². The Kier molecular flexibility index (Phi) is 8.48. The molecule has 0 aliphatic carbocycles. The van der Waals surface area contributed by atoms with E-state index >= 15 is 0 Å². The number of thioether (sulfide) groups is 1. The molecule has 1 aliphatic rings. The van der Waals surface area contributed by atoms with Crippen molar-refractivity contribution in [2.45, 2.75) is 33.3 Å². The molecule has 1 N–H and O–H groups in total. The molecule has 0 spiro atoms. The number of amides is 3. The first-order valence-electron chi connectivity index (χ1n) is 10.8. The molecule has 0 saturated carbocycles. The van der Waals surface area contributed by atoms with E-state index in [1.54, 1.807) is 37.3 Å². The summed E-state index contributed by atoms with van der Waals surface area (Å²) in [6.07, 6.45) is 1.93. The molecule has 2 aromatic carbocycles. The fourth-order valence-electron chi connectivity index (χ4n) is 2.97. The molecule has 0 radical (unpaired) electrons. The van der Waals surface area contributed by atoms with Gasteiger partial charge in [-0.05, 0) is 67.4 Å². The average Bonchev–Trinajstić information content (AvgIpc) is 3.07. The first-order valence-corrected chi connectivity index (χ1v) is 11.6. The standard InChI is InChI=1S/C25H26N2O6S/c1-4-17(3)33-23(29)14-27-24(30)21(34-25(27)31)13-18-9-11-19(12-10-18)32-15-22(28)26-20-8-6-5-7-16(20)2/h5-13,17H,4,14-15H2,1-3H3,(H,26,28)/b21-13-/t17-/m1/s1. The van der Waals surface area contributed by atoms with E-state index in [0.717, 1.165) is 27.9 Å². The lowest BCUT2D eigenvalue weighted by molar-refractivity contribution is -0.150. The third kappa shape index (κ3) is 6.71. The molecule has 3 rings (SSSR count). The van der Waals surface area contributed by atoms with Crippen LogP contribution in [0.3, 0.4) is 0 Å². The van der Waals surface area contributed by atoms with Crippen molar-refractivity contribution in [1.82, 2.24) is 4.90 Å². The zero-order chi connectivity index (χ0) is 24.7. The maximum atomic E-state index is 12.6. The topological polar surface area (TPSA) is 102 Å². The van der Waals surface area contributed by atoms with Crippen molar-refractivity contribution in [3.05, 3.63) is 64.6 Å². The number of imide groups is 1. The lowest BCUT2D eigenvalue weighted by atomic mass is 10.2. The van der Waals surface area contributed by atoms with Crippen LogP contribution in [0.15, 0.2) is 53.4 Å². The maximum Gasteiger partial charge on any atom is 0.326 e. The molecule has 1 fully saturated rings. The van der Waals surface area contributed by atoms with Gasteiger partial charge in [0.1, 0.15) is 12.3 Å². The molecule has 3 amide bonds. The van der Waals surface area contributed by atoms with Crippen molar-refractivity contribution < 1.29 is 28.7 Å². The summed E-state index contributed by atoms with van der Waals surface area (Å²) in [4.78, 5) is 49.9. The fourth-order valence-corrected chi connectivity index (χ4v) is 3.81. The third-order valence-electron chi connectivity index (χ3n) is 5.04. The second kappa shape index (κ2) is 11.5. The summed E-state index contributed by atoms with van der Waals surface area (Å²) in [5.74, 6) is -0.952. The minimum atomic E-state index is -0.620. The number of anilines is 1. The van der Waals surface area contributed by atoms with E-state index in [1.165, 1.54) is 0 Å². The number of nitrogens with one attached hydrogen (secondary N) is 1. The zero-order valence-corrected chi connectivity index (χ0v) is 20.0. The Balaban J connectivity index is 1.55. The number of esters is 1. The second-order valence-corrected chi connectivity index (χ2v) is 8.69.